The third-order valence-corrected chi connectivity index (χ3v) is 3.30. The second-order valence-electron chi connectivity index (χ2n) is 4.63. The number of halogens is 1. The van der Waals surface area contributed by atoms with Crippen LogP contribution in [0.4, 0.5) is 15.8 Å². The predicted molar refractivity (Wildman–Crippen MR) is 79.8 cm³/mol. The Balaban J connectivity index is 3.04. The molecule has 0 aliphatic heterocycles. The third kappa shape index (κ3) is 2.72. The molecule has 0 spiro atoms. The molecule has 0 bridgehead atoms. The van der Waals surface area contributed by atoms with Crippen LogP contribution >= 0.6 is 0 Å². The van der Waals surface area contributed by atoms with Gasteiger partial charge in [0, 0.05) is 12.3 Å². The maximum Gasteiger partial charge on any atom is 0.357 e. The summed E-state index contributed by atoms with van der Waals surface area (Å²) in [6, 6.07) is 3.00. The van der Waals surface area contributed by atoms with Crippen LogP contribution in [0.15, 0.2) is 18.3 Å². The Morgan fingerprint density at radius 2 is 2.12 bits per heavy atom. The van der Waals surface area contributed by atoms with Crippen LogP contribution in [-0.4, -0.2) is 33.6 Å². The summed E-state index contributed by atoms with van der Waals surface area (Å²) in [6.45, 7) is 0. The van der Waals surface area contributed by atoms with Crippen LogP contribution in [0.2, 0.25) is 0 Å². The molecule has 25 heavy (non-hydrogen) atoms. The molecule has 2 aromatic rings. The number of hydrogen-bond donors (Lipinski definition) is 2. The van der Waals surface area contributed by atoms with E-state index in [0.29, 0.717) is 10.6 Å². The van der Waals surface area contributed by atoms with Gasteiger partial charge in [0.2, 0.25) is 0 Å². The van der Waals surface area contributed by atoms with Gasteiger partial charge in [0.15, 0.2) is 5.69 Å². The molecule has 0 unspecified atom stereocenters. The second-order valence-corrected chi connectivity index (χ2v) is 4.63. The van der Waals surface area contributed by atoms with E-state index in [9.17, 15) is 29.2 Å². The normalized spacial score (nSPS) is 10.1. The molecule has 1 heterocycles. The minimum atomic E-state index is -1.81. The van der Waals surface area contributed by atoms with Crippen molar-refractivity contribution in [2.45, 2.75) is 0 Å². The minimum absolute atomic E-state index is 0.268. The van der Waals surface area contributed by atoms with Crippen molar-refractivity contribution in [2.24, 2.45) is 0 Å². The molecule has 0 saturated heterocycles. The molecular formula is C14H9FN4O6. The molecule has 0 atom stereocenters. The number of benzene rings is 1. The fraction of sp³-hybridized carbons (Fsp3) is 0.0714. The number of hydrogen-bond acceptors (Lipinski definition) is 7. The van der Waals surface area contributed by atoms with Crippen molar-refractivity contribution < 1.29 is 28.7 Å². The number of esters is 1. The largest absolute Gasteiger partial charge is 0.478 e. The lowest BCUT2D eigenvalue weighted by atomic mass is 10.1. The number of nitro groups is 1. The van der Waals surface area contributed by atoms with E-state index in [1.54, 1.807) is 6.07 Å². The predicted octanol–water partition coefficient (Wildman–Crippen LogP) is 1.46. The first kappa shape index (κ1) is 17.4. The van der Waals surface area contributed by atoms with E-state index in [-0.39, 0.29) is 11.3 Å². The van der Waals surface area contributed by atoms with Crippen LogP contribution in [0, 0.1) is 27.3 Å². The number of nitrogens with two attached hydrogens (primary N) is 1. The molecule has 0 saturated carbocycles. The summed E-state index contributed by atoms with van der Waals surface area (Å²) < 4.78 is 19.2. The number of carboxylic acids is 1. The van der Waals surface area contributed by atoms with Gasteiger partial charge in [-0.1, -0.05) is 0 Å². The lowest BCUT2D eigenvalue weighted by Gasteiger charge is -2.12. The van der Waals surface area contributed by atoms with Gasteiger partial charge in [-0.25, -0.2) is 14.0 Å². The SMILES string of the molecule is COC(=O)c1c(N)c(C#N)cn1-c1c([N+](=O)[O-])ccc(F)c1C(=O)O. The fourth-order valence-electron chi connectivity index (χ4n) is 2.24. The van der Waals surface area contributed by atoms with Crippen LogP contribution in [0.25, 0.3) is 5.69 Å². The Labute approximate surface area is 138 Å². The van der Waals surface area contributed by atoms with Crippen LogP contribution in [-0.2, 0) is 4.74 Å². The number of aromatic nitrogens is 1. The maximum absolute atomic E-state index is 14.0. The highest BCUT2D eigenvalue weighted by Gasteiger charge is 2.32. The van der Waals surface area contributed by atoms with Crippen molar-refractivity contribution >= 4 is 23.3 Å². The lowest BCUT2D eigenvalue weighted by Crippen LogP contribution is -2.16. The Kier molecular flexibility index (Phi) is 4.38. The Hall–Kier alpha value is -3.94. The molecule has 0 fully saturated rings. The lowest BCUT2D eigenvalue weighted by molar-refractivity contribution is -0.384. The summed E-state index contributed by atoms with van der Waals surface area (Å²) in [4.78, 5) is 33.7. The fourth-order valence-corrected chi connectivity index (χ4v) is 2.24. The molecule has 2 rings (SSSR count). The first-order valence-electron chi connectivity index (χ1n) is 6.44. The standard InChI is InChI=1S/C14H9FN4O6/c1-25-14(22)12-10(17)6(4-16)5-18(12)11-8(19(23)24)3-2-7(15)9(11)13(20)21/h2-3,5H,17H2,1H3,(H,20,21). The first-order chi connectivity index (χ1) is 11.7. The highest BCUT2D eigenvalue weighted by atomic mass is 19.1. The van der Waals surface area contributed by atoms with Gasteiger partial charge in [-0.3, -0.25) is 10.1 Å². The van der Waals surface area contributed by atoms with Gasteiger partial charge < -0.3 is 20.1 Å². The van der Waals surface area contributed by atoms with Gasteiger partial charge in [0.05, 0.1) is 23.3 Å². The van der Waals surface area contributed by atoms with E-state index in [4.69, 9.17) is 11.0 Å². The average molecular weight is 348 g/mol. The Bertz CT molecular complexity index is 959. The van der Waals surface area contributed by atoms with Gasteiger partial charge in [-0.15, -0.1) is 0 Å². The molecular weight excluding hydrogens is 339 g/mol. The monoisotopic (exact) mass is 348 g/mol. The summed E-state index contributed by atoms with van der Waals surface area (Å²) in [7, 11) is 0.989. The molecule has 0 aliphatic rings. The maximum atomic E-state index is 14.0. The van der Waals surface area contributed by atoms with Crippen LogP contribution in [0.3, 0.4) is 0 Å². The smallest absolute Gasteiger partial charge is 0.357 e. The van der Waals surface area contributed by atoms with Crippen molar-refractivity contribution in [1.82, 2.24) is 4.57 Å². The van der Waals surface area contributed by atoms with Crippen molar-refractivity contribution in [2.75, 3.05) is 12.8 Å². The highest BCUT2D eigenvalue weighted by Crippen LogP contribution is 2.33. The molecule has 0 aliphatic carbocycles. The van der Waals surface area contributed by atoms with E-state index in [1.807, 2.05) is 0 Å². The number of anilines is 1. The van der Waals surface area contributed by atoms with Gasteiger partial charge in [-0.05, 0) is 6.07 Å². The second kappa shape index (κ2) is 6.28. The molecule has 0 amide bonds. The van der Waals surface area contributed by atoms with E-state index >= 15 is 0 Å². The van der Waals surface area contributed by atoms with Crippen LogP contribution in [0.5, 0.6) is 0 Å². The highest BCUT2D eigenvalue weighted by molar-refractivity contribution is 5.99. The van der Waals surface area contributed by atoms with Gasteiger partial charge in [-0.2, -0.15) is 5.26 Å². The quantitative estimate of drug-likeness (QED) is 0.476. The number of methoxy groups -OCH3 is 1. The molecule has 11 heteroatoms. The zero-order valence-electron chi connectivity index (χ0n) is 12.5. The van der Waals surface area contributed by atoms with Gasteiger partial charge in [0.25, 0.3) is 5.69 Å². The number of nitro benzene ring substituents is 1. The summed E-state index contributed by atoms with van der Waals surface area (Å²) in [5.74, 6) is -4.17. The molecule has 3 N–H and O–H groups in total. The zero-order chi connectivity index (χ0) is 18.9. The zero-order valence-corrected chi connectivity index (χ0v) is 12.5. The van der Waals surface area contributed by atoms with Crippen LogP contribution in [0.1, 0.15) is 26.4 Å². The summed E-state index contributed by atoms with van der Waals surface area (Å²) in [5.41, 5.74) is 1.86. The molecule has 0 radical (unpaired) electrons. The number of nitrogens with zero attached hydrogens (tertiary/aromatic N) is 3. The average Bonchev–Trinajstić information content (AvgIpc) is 2.89. The van der Waals surface area contributed by atoms with Crippen molar-refractivity contribution in [3.63, 3.8) is 0 Å². The van der Waals surface area contributed by atoms with Gasteiger partial charge >= 0.3 is 11.9 Å². The van der Waals surface area contributed by atoms with E-state index in [2.05, 4.69) is 4.74 Å². The molecule has 1 aromatic heterocycles. The number of carbonyl (C=O) groups is 2. The number of carbonyl (C=O) groups excluding carboxylic acids is 1. The first-order valence-corrected chi connectivity index (χ1v) is 6.44. The third-order valence-electron chi connectivity index (χ3n) is 3.30. The minimum Gasteiger partial charge on any atom is -0.478 e. The number of nitrogen functional groups attached to an aromatic ring is 1. The topological polar surface area (TPSA) is 161 Å². The number of rotatable bonds is 4. The molecule has 1 aromatic carbocycles. The number of ether oxygens (including phenoxy) is 1. The summed E-state index contributed by atoms with van der Waals surface area (Å²) in [6.07, 6.45) is 0.899. The number of aromatic carboxylic acids is 1. The van der Waals surface area contributed by atoms with Crippen LogP contribution < -0.4 is 5.73 Å². The van der Waals surface area contributed by atoms with Crippen molar-refractivity contribution in [1.29, 1.82) is 5.26 Å². The van der Waals surface area contributed by atoms with Crippen molar-refractivity contribution in [3.8, 4) is 11.8 Å². The number of carboxylic acid groups (broad SMARTS) is 1. The Morgan fingerprint density at radius 1 is 1.48 bits per heavy atom. The summed E-state index contributed by atoms with van der Waals surface area (Å²) in [5, 5.41) is 29.6. The molecule has 10 nitrogen and oxygen atoms in total. The number of nitriles is 1. The van der Waals surface area contributed by atoms with Gasteiger partial charge in [0.1, 0.15) is 23.1 Å². The molecule has 128 valence electrons. The van der Waals surface area contributed by atoms with Crippen molar-refractivity contribution in [3.05, 3.63) is 51.1 Å². The van der Waals surface area contributed by atoms with E-state index < -0.39 is 45.3 Å². The van der Waals surface area contributed by atoms with E-state index in [0.717, 1.165) is 19.4 Å². The Morgan fingerprint density at radius 3 is 2.60 bits per heavy atom. The summed E-state index contributed by atoms with van der Waals surface area (Å²) >= 11 is 0. The van der Waals surface area contributed by atoms with E-state index in [1.165, 1.54) is 0 Å².